The van der Waals surface area contributed by atoms with E-state index in [4.69, 9.17) is 4.42 Å². The lowest BCUT2D eigenvalue weighted by molar-refractivity contribution is 0.557. The van der Waals surface area contributed by atoms with Gasteiger partial charge in [0.2, 0.25) is 0 Å². The molecule has 0 spiro atoms. The Morgan fingerprint density at radius 3 is 2.84 bits per heavy atom. The molecule has 0 aliphatic carbocycles. The quantitative estimate of drug-likeness (QED) is 0.571. The lowest BCUT2D eigenvalue weighted by Crippen LogP contribution is -1.99. The van der Waals surface area contributed by atoms with E-state index in [9.17, 15) is 0 Å². The Morgan fingerprint density at radius 2 is 2.00 bits per heavy atom. The maximum Gasteiger partial charge on any atom is 0.149 e. The Hall–Kier alpha value is -2.62. The molecule has 19 heavy (non-hydrogen) atoms. The molecule has 0 radical (unpaired) electrons. The van der Waals surface area contributed by atoms with Crippen molar-refractivity contribution in [3.8, 4) is 0 Å². The van der Waals surface area contributed by atoms with Gasteiger partial charge in [0.25, 0.3) is 0 Å². The number of nitrogens with zero attached hydrogens (tertiary/aromatic N) is 2. The summed E-state index contributed by atoms with van der Waals surface area (Å²) in [5.41, 5.74) is 4.66. The number of hydrogen-bond donors (Lipinski definition) is 1. The first kappa shape index (κ1) is 11.5. The number of fused-ring (bicyclic) bond motifs is 1. The predicted molar refractivity (Wildman–Crippen MR) is 76.3 cm³/mol. The van der Waals surface area contributed by atoms with Crippen LogP contribution in [0.2, 0.25) is 0 Å². The topological polar surface area (TPSA) is 50.4 Å². The van der Waals surface area contributed by atoms with Crippen molar-refractivity contribution in [3.05, 3.63) is 60.6 Å². The number of aromatic nitrogens is 1. The molecule has 0 saturated carbocycles. The molecule has 0 aliphatic rings. The van der Waals surface area contributed by atoms with E-state index in [2.05, 4.69) is 15.5 Å². The van der Waals surface area contributed by atoms with E-state index in [1.54, 1.807) is 6.26 Å². The summed E-state index contributed by atoms with van der Waals surface area (Å²) >= 11 is 0. The van der Waals surface area contributed by atoms with E-state index in [1.165, 1.54) is 0 Å². The second kappa shape index (κ2) is 4.94. The summed E-state index contributed by atoms with van der Waals surface area (Å²) in [6.45, 7) is 1.88. The van der Waals surface area contributed by atoms with Crippen LogP contribution in [-0.4, -0.2) is 10.7 Å². The van der Waals surface area contributed by atoms with Crippen molar-refractivity contribution in [2.24, 2.45) is 5.10 Å². The zero-order valence-corrected chi connectivity index (χ0v) is 10.5. The van der Waals surface area contributed by atoms with Crippen LogP contribution in [0.15, 0.2) is 64.3 Å². The fraction of sp³-hybridized carbons (Fsp3) is 0.0667. The molecule has 94 valence electrons. The van der Waals surface area contributed by atoms with Crippen LogP contribution in [0.25, 0.3) is 10.9 Å². The molecule has 0 amide bonds. The van der Waals surface area contributed by atoms with Gasteiger partial charge in [-0.1, -0.05) is 18.2 Å². The summed E-state index contributed by atoms with van der Waals surface area (Å²) < 4.78 is 5.26. The minimum absolute atomic E-state index is 0.713. The monoisotopic (exact) mass is 251 g/mol. The molecule has 3 rings (SSSR count). The first-order valence-electron chi connectivity index (χ1n) is 6.03. The average Bonchev–Trinajstić information content (AvgIpc) is 2.99. The molecule has 1 N–H and O–H groups in total. The van der Waals surface area contributed by atoms with Crippen LogP contribution < -0.4 is 5.43 Å². The largest absolute Gasteiger partial charge is 0.463 e. The molecule has 0 fully saturated rings. The van der Waals surface area contributed by atoms with Gasteiger partial charge in [-0.25, -0.2) is 4.98 Å². The molecular weight excluding hydrogens is 238 g/mol. The van der Waals surface area contributed by atoms with Crippen LogP contribution in [0.5, 0.6) is 0 Å². The fourth-order valence-corrected chi connectivity index (χ4v) is 1.81. The molecule has 2 heterocycles. The molecule has 0 unspecified atom stereocenters. The van der Waals surface area contributed by atoms with Gasteiger partial charge in [-0.2, -0.15) is 5.10 Å². The van der Waals surface area contributed by atoms with Gasteiger partial charge in [-0.15, -0.1) is 0 Å². The highest BCUT2D eigenvalue weighted by molar-refractivity contribution is 5.96. The normalized spacial score (nSPS) is 11.7. The average molecular weight is 251 g/mol. The lowest BCUT2D eigenvalue weighted by Gasteiger charge is -2.02. The van der Waals surface area contributed by atoms with E-state index < -0.39 is 0 Å². The first-order chi connectivity index (χ1) is 9.33. The van der Waals surface area contributed by atoms with Crippen molar-refractivity contribution in [3.63, 3.8) is 0 Å². The maximum atomic E-state index is 5.26. The van der Waals surface area contributed by atoms with Crippen LogP contribution in [0.4, 0.5) is 5.82 Å². The van der Waals surface area contributed by atoms with E-state index in [0.29, 0.717) is 5.82 Å². The summed E-state index contributed by atoms with van der Waals surface area (Å²) in [6, 6.07) is 15.6. The first-order valence-corrected chi connectivity index (χ1v) is 6.03. The summed E-state index contributed by atoms with van der Waals surface area (Å²) in [4.78, 5) is 4.48. The highest BCUT2D eigenvalue weighted by atomic mass is 16.3. The standard InChI is InChI=1S/C15H13N3O/c1-11(14-7-4-10-19-14)17-18-15-9-8-12-5-2-3-6-13(12)16-15/h2-10H,1H3,(H,16,18). The third kappa shape index (κ3) is 2.47. The fourth-order valence-electron chi connectivity index (χ4n) is 1.81. The molecule has 2 aromatic heterocycles. The Morgan fingerprint density at radius 1 is 1.11 bits per heavy atom. The van der Waals surface area contributed by atoms with Crippen molar-refractivity contribution in [1.82, 2.24) is 4.98 Å². The van der Waals surface area contributed by atoms with Crippen molar-refractivity contribution in [2.75, 3.05) is 5.43 Å². The number of rotatable bonds is 3. The van der Waals surface area contributed by atoms with Gasteiger partial charge in [-0.3, -0.25) is 5.43 Å². The molecule has 0 atom stereocenters. The summed E-state index contributed by atoms with van der Waals surface area (Å²) in [5, 5.41) is 5.36. The summed E-state index contributed by atoms with van der Waals surface area (Å²) in [6.07, 6.45) is 1.63. The SMILES string of the molecule is CC(=NNc1ccc2ccccc2n1)c1ccco1. The third-order valence-corrected chi connectivity index (χ3v) is 2.81. The minimum atomic E-state index is 0.713. The van der Waals surface area contributed by atoms with Crippen molar-refractivity contribution < 1.29 is 4.42 Å². The molecule has 0 saturated heterocycles. The molecule has 0 aliphatic heterocycles. The Kier molecular flexibility index (Phi) is 2.98. The van der Waals surface area contributed by atoms with Crippen molar-refractivity contribution >= 4 is 22.4 Å². The number of furan rings is 1. The third-order valence-electron chi connectivity index (χ3n) is 2.81. The highest BCUT2D eigenvalue weighted by Crippen LogP contribution is 2.14. The molecule has 3 aromatic rings. The Labute approximate surface area is 110 Å². The van der Waals surface area contributed by atoms with Gasteiger partial charge in [-0.05, 0) is 37.3 Å². The number of hydrazone groups is 1. The molecule has 4 nitrogen and oxygen atoms in total. The van der Waals surface area contributed by atoms with Gasteiger partial charge < -0.3 is 4.42 Å². The smallest absolute Gasteiger partial charge is 0.149 e. The van der Waals surface area contributed by atoms with E-state index in [1.807, 2.05) is 55.5 Å². The van der Waals surface area contributed by atoms with Crippen molar-refractivity contribution in [1.29, 1.82) is 0 Å². The van der Waals surface area contributed by atoms with Crippen LogP contribution in [0.3, 0.4) is 0 Å². The number of anilines is 1. The van der Waals surface area contributed by atoms with Crippen LogP contribution in [0.1, 0.15) is 12.7 Å². The number of benzene rings is 1. The van der Waals surface area contributed by atoms with Gasteiger partial charge in [0.05, 0.1) is 11.8 Å². The minimum Gasteiger partial charge on any atom is -0.463 e. The summed E-state index contributed by atoms with van der Waals surface area (Å²) in [7, 11) is 0. The maximum absolute atomic E-state index is 5.26. The van der Waals surface area contributed by atoms with Gasteiger partial charge in [0.15, 0.2) is 0 Å². The van der Waals surface area contributed by atoms with Crippen LogP contribution >= 0.6 is 0 Å². The summed E-state index contributed by atoms with van der Waals surface area (Å²) in [5.74, 6) is 1.46. The Bertz CT molecular complexity index is 717. The Balaban J connectivity index is 1.84. The zero-order valence-electron chi connectivity index (χ0n) is 10.5. The number of hydrogen-bond acceptors (Lipinski definition) is 4. The molecule has 1 aromatic carbocycles. The molecule has 4 heteroatoms. The van der Waals surface area contributed by atoms with Crippen LogP contribution in [-0.2, 0) is 0 Å². The number of pyridine rings is 1. The molecule has 0 bridgehead atoms. The van der Waals surface area contributed by atoms with E-state index in [-0.39, 0.29) is 0 Å². The van der Waals surface area contributed by atoms with Gasteiger partial charge in [0.1, 0.15) is 17.3 Å². The van der Waals surface area contributed by atoms with Crippen LogP contribution in [0, 0.1) is 0 Å². The number of para-hydroxylation sites is 1. The van der Waals surface area contributed by atoms with Crippen molar-refractivity contribution in [2.45, 2.75) is 6.92 Å². The second-order valence-corrected chi connectivity index (χ2v) is 4.18. The number of nitrogens with one attached hydrogen (secondary N) is 1. The second-order valence-electron chi connectivity index (χ2n) is 4.18. The van der Waals surface area contributed by atoms with Gasteiger partial charge >= 0.3 is 0 Å². The lowest BCUT2D eigenvalue weighted by atomic mass is 10.2. The highest BCUT2D eigenvalue weighted by Gasteiger charge is 2.00. The molecular formula is C15H13N3O. The predicted octanol–water partition coefficient (Wildman–Crippen LogP) is 3.66. The van der Waals surface area contributed by atoms with Gasteiger partial charge in [0, 0.05) is 5.39 Å². The van der Waals surface area contributed by atoms with E-state index in [0.717, 1.165) is 22.4 Å². The zero-order chi connectivity index (χ0) is 13.1. The van der Waals surface area contributed by atoms with E-state index >= 15 is 0 Å².